The Balaban J connectivity index is 1.67. The van der Waals surface area contributed by atoms with E-state index in [1.165, 1.54) is 0 Å². The van der Waals surface area contributed by atoms with Crippen molar-refractivity contribution in [3.63, 3.8) is 0 Å². The highest BCUT2D eigenvalue weighted by Gasteiger charge is 2.22. The number of rotatable bonds is 6. The zero-order valence-electron chi connectivity index (χ0n) is 13.7. The van der Waals surface area contributed by atoms with E-state index in [1.807, 2.05) is 36.4 Å². The molecule has 1 amide bonds. The fourth-order valence-corrected chi connectivity index (χ4v) is 2.70. The molecule has 25 heavy (non-hydrogen) atoms. The maximum absolute atomic E-state index is 12.2. The molecule has 0 radical (unpaired) electrons. The van der Waals surface area contributed by atoms with Crippen LogP contribution >= 0.6 is 0 Å². The summed E-state index contributed by atoms with van der Waals surface area (Å²) in [5.74, 6) is -2.10. The van der Waals surface area contributed by atoms with E-state index in [2.05, 4.69) is 15.6 Å². The van der Waals surface area contributed by atoms with Crippen LogP contribution in [0.3, 0.4) is 0 Å². The summed E-state index contributed by atoms with van der Waals surface area (Å²) >= 11 is 0. The summed E-state index contributed by atoms with van der Waals surface area (Å²) < 4.78 is 1.64. The van der Waals surface area contributed by atoms with Crippen LogP contribution in [0.15, 0.2) is 48.5 Å². The molecule has 7 nitrogen and oxygen atoms in total. The van der Waals surface area contributed by atoms with Gasteiger partial charge in [0.2, 0.25) is 5.91 Å². The summed E-state index contributed by atoms with van der Waals surface area (Å²) in [6.07, 6.45) is 0.218. The second-order valence-electron chi connectivity index (χ2n) is 5.89. The van der Waals surface area contributed by atoms with E-state index in [-0.39, 0.29) is 12.3 Å². The Hall–Kier alpha value is -3.22. The summed E-state index contributed by atoms with van der Waals surface area (Å²) in [4.78, 5) is 23.7. The van der Waals surface area contributed by atoms with Crippen molar-refractivity contribution in [1.29, 1.82) is 0 Å². The molecule has 0 aliphatic heterocycles. The van der Waals surface area contributed by atoms with Gasteiger partial charge in [-0.15, -0.1) is 5.10 Å². The van der Waals surface area contributed by atoms with Gasteiger partial charge in [-0.05, 0) is 30.2 Å². The zero-order valence-corrected chi connectivity index (χ0v) is 13.7. The van der Waals surface area contributed by atoms with Gasteiger partial charge in [0.25, 0.3) is 0 Å². The molecule has 3 aromatic rings. The van der Waals surface area contributed by atoms with E-state index in [0.717, 1.165) is 11.1 Å². The molecule has 0 saturated heterocycles. The van der Waals surface area contributed by atoms with E-state index in [0.29, 0.717) is 17.6 Å². The molecule has 0 aliphatic carbocycles. The Morgan fingerprint density at radius 2 is 1.96 bits per heavy atom. The molecule has 3 rings (SSSR count). The van der Waals surface area contributed by atoms with Crippen molar-refractivity contribution >= 4 is 28.6 Å². The van der Waals surface area contributed by atoms with Crippen LogP contribution in [0.5, 0.6) is 0 Å². The molecule has 7 heteroatoms. The largest absolute Gasteiger partial charge is 0.481 e. The van der Waals surface area contributed by atoms with Gasteiger partial charge in [-0.1, -0.05) is 35.5 Å². The normalized spacial score (nSPS) is 12.0. The van der Waals surface area contributed by atoms with Gasteiger partial charge in [0.15, 0.2) is 0 Å². The molecule has 2 aromatic carbocycles. The zero-order chi connectivity index (χ0) is 17.8. The third kappa shape index (κ3) is 4.00. The average Bonchev–Trinajstić information content (AvgIpc) is 2.95. The van der Waals surface area contributed by atoms with Gasteiger partial charge in [0.05, 0.1) is 11.4 Å². The van der Waals surface area contributed by atoms with Crippen LogP contribution in [0, 0.1) is 5.92 Å². The number of carboxylic acids is 1. The summed E-state index contributed by atoms with van der Waals surface area (Å²) in [5, 5.41) is 20.0. The van der Waals surface area contributed by atoms with Gasteiger partial charge in [-0.25, -0.2) is 4.68 Å². The predicted molar refractivity (Wildman–Crippen MR) is 93.0 cm³/mol. The fraction of sp³-hybridized carbons (Fsp3) is 0.222. The number of hydrogen-bond acceptors (Lipinski definition) is 4. The lowest BCUT2D eigenvalue weighted by atomic mass is 9.96. The van der Waals surface area contributed by atoms with Crippen LogP contribution in [0.2, 0.25) is 0 Å². The topological polar surface area (TPSA) is 97.1 Å². The monoisotopic (exact) mass is 338 g/mol. The minimum atomic E-state index is -0.983. The van der Waals surface area contributed by atoms with Gasteiger partial charge in [0.1, 0.15) is 5.52 Å². The van der Waals surface area contributed by atoms with Gasteiger partial charge < -0.3 is 10.4 Å². The molecule has 128 valence electrons. The van der Waals surface area contributed by atoms with Crippen LogP contribution in [0.4, 0.5) is 5.69 Å². The summed E-state index contributed by atoms with van der Waals surface area (Å²) in [6, 6.07) is 14.6. The maximum Gasteiger partial charge on any atom is 0.307 e. The number of benzene rings is 2. The molecule has 1 unspecified atom stereocenters. The second-order valence-corrected chi connectivity index (χ2v) is 5.89. The lowest BCUT2D eigenvalue weighted by Gasteiger charge is -2.12. The van der Waals surface area contributed by atoms with Crippen molar-refractivity contribution in [3.8, 4) is 0 Å². The van der Waals surface area contributed by atoms with Crippen molar-refractivity contribution in [1.82, 2.24) is 15.0 Å². The number of hydrogen-bond donors (Lipinski definition) is 2. The van der Waals surface area contributed by atoms with Gasteiger partial charge in [0, 0.05) is 19.2 Å². The van der Waals surface area contributed by atoms with Crippen molar-refractivity contribution in [2.24, 2.45) is 13.0 Å². The number of nitrogens with zero attached hydrogens (tertiary/aromatic N) is 3. The first-order valence-corrected chi connectivity index (χ1v) is 7.89. The summed E-state index contributed by atoms with van der Waals surface area (Å²) in [5.41, 5.74) is 2.98. The SMILES string of the molecule is Cn1nnc2cc(NC(=O)CC(Cc3ccccc3)C(=O)O)ccc21. The number of carbonyl (C=O) groups excluding carboxylic acids is 1. The van der Waals surface area contributed by atoms with Gasteiger partial charge in [-0.2, -0.15) is 0 Å². The third-order valence-corrected chi connectivity index (χ3v) is 4.00. The highest BCUT2D eigenvalue weighted by molar-refractivity contribution is 5.94. The summed E-state index contributed by atoms with van der Waals surface area (Å²) in [7, 11) is 1.79. The number of carbonyl (C=O) groups is 2. The standard InChI is InChI=1S/C18H18N4O3/c1-22-16-8-7-14(11-15(16)20-21-22)19-17(23)10-13(18(24)25)9-12-5-3-2-4-6-12/h2-8,11,13H,9-10H2,1H3,(H,19,23)(H,24,25). The number of aromatic nitrogens is 3. The molecule has 1 heterocycles. The maximum atomic E-state index is 12.2. The minimum absolute atomic E-state index is 0.0945. The fourth-order valence-electron chi connectivity index (χ4n) is 2.70. The third-order valence-electron chi connectivity index (χ3n) is 4.00. The van der Waals surface area contributed by atoms with Crippen molar-refractivity contribution in [2.45, 2.75) is 12.8 Å². The average molecular weight is 338 g/mol. The summed E-state index contributed by atoms with van der Waals surface area (Å²) in [6.45, 7) is 0. The van der Waals surface area contributed by atoms with Crippen molar-refractivity contribution in [3.05, 3.63) is 54.1 Å². The van der Waals surface area contributed by atoms with Crippen molar-refractivity contribution < 1.29 is 14.7 Å². The number of amides is 1. The molecule has 1 atom stereocenters. The predicted octanol–water partition coefficient (Wildman–Crippen LogP) is 2.24. The highest BCUT2D eigenvalue weighted by Crippen LogP contribution is 2.18. The highest BCUT2D eigenvalue weighted by atomic mass is 16.4. The number of carboxylic acid groups (broad SMARTS) is 1. The van der Waals surface area contributed by atoms with E-state index < -0.39 is 11.9 Å². The number of aliphatic carboxylic acids is 1. The number of fused-ring (bicyclic) bond motifs is 1. The molecule has 0 saturated carbocycles. The molecule has 1 aromatic heterocycles. The van der Waals surface area contributed by atoms with Gasteiger partial charge in [-0.3, -0.25) is 9.59 Å². The Labute approximate surface area is 144 Å². The molecule has 2 N–H and O–H groups in total. The van der Waals surface area contributed by atoms with Crippen LogP contribution in [-0.2, 0) is 23.1 Å². The minimum Gasteiger partial charge on any atom is -0.481 e. The van der Waals surface area contributed by atoms with E-state index >= 15 is 0 Å². The van der Waals surface area contributed by atoms with Crippen LogP contribution in [-0.4, -0.2) is 32.0 Å². The Morgan fingerprint density at radius 1 is 1.20 bits per heavy atom. The van der Waals surface area contributed by atoms with E-state index in [4.69, 9.17) is 0 Å². The second kappa shape index (κ2) is 7.12. The molecule has 0 spiro atoms. The first-order chi connectivity index (χ1) is 12.0. The van der Waals surface area contributed by atoms with Crippen LogP contribution < -0.4 is 5.32 Å². The first kappa shape index (κ1) is 16.6. The van der Waals surface area contributed by atoms with Crippen LogP contribution in [0.1, 0.15) is 12.0 Å². The number of nitrogens with one attached hydrogen (secondary N) is 1. The molecule has 0 aliphatic rings. The van der Waals surface area contributed by atoms with E-state index in [9.17, 15) is 14.7 Å². The van der Waals surface area contributed by atoms with Gasteiger partial charge >= 0.3 is 5.97 Å². The number of aryl methyl sites for hydroxylation is 1. The first-order valence-electron chi connectivity index (χ1n) is 7.89. The molecule has 0 fully saturated rings. The Kier molecular flexibility index (Phi) is 4.74. The van der Waals surface area contributed by atoms with Crippen LogP contribution in [0.25, 0.3) is 11.0 Å². The Bertz CT molecular complexity index is 905. The smallest absolute Gasteiger partial charge is 0.307 e. The lowest BCUT2D eigenvalue weighted by Crippen LogP contribution is -2.24. The van der Waals surface area contributed by atoms with Crippen molar-refractivity contribution in [2.75, 3.05) is 5.32 Å². The van der Waals surface area contributed by atoms with E-state index in [1.54, 1.807) is 23.9 Å². The molecular formula is C18H18N4O3. The molecular weight excluding hydrogens is 320 g/mol. The number of anilines is 1. The quantitative estimate of drug-likeness (QED) is 0.718. The lowest BCUT2D eigenvalue weighted by molar-refractivity contribution is -0.143. The molecule has 0 bridgehead atoms. The Morgan fingerprint density at radius 3 is 2.68 bits per heavy atom.